The molecule has 0 atom stereocenters. The number of fused-ring (bicyclic) bond motifs is 1. The predicted molar refractivity (Wildman–Crippen MR) is 79.5 cm³/mol. The van der Waals surface area contributed by atoms with Crippen molar-refractivity contribution in [2.24, 2.45) is 10.7 Å². The summed E-state index contributed by atoms with van der Waals surface area (Å²) in [6.07, 6.45) is 1.19. The van der Waals surface area contributed by atoms with Crippen LogP contribution in [-0.2, 0) is 16.1 Å². The lowest BCUT2D eigenvalue weighted by Crippen LogP contribution is -2.36. The first-order valence-corrected chi connectivity index (χ1v) is 6.89. The maximum absolute atomic E-state index is 12.2. The summed E-state index contributed by atoms with van der Waals surface area (Å²) >= 11 is 0. The minimum absolute atomic E-state index is 0.0528. The van der Waals surface area contributed by atoms with Crippen LogP contribution in [0.3, 0.4) is 0 Å². The highest BCUT2D eigenvalue weighted by Crippen LogP contribution is 2.19. The fourth-order valence-corrected chi connectivity index (χ4v) is 2.41. The number of amides is 3. The van der Waals surface area contributed by atoms with Gasteiger partial charge in [-0.15, -0.1) is 4.99 Å². The average Bonchev–Trinajstić information content (AvgIpc) is 2.87. The van der Waals surface area contributed by atoms with E-state index in [0.29, 0.717) is 25.2 Å². The number of aliphatic imine (C=N–C) groups is 1. The summed E-state index contributed by atoms with van der Waals surface area (Å²) < 4.78 is 5.14. The zero-order valence-corrected chi connectivity index (χ0v) is 12.1. The first-order valence-electron chi connectivity index (χ1n) is 6.89. The van der Waals surface area contributed by atoms with Crippen molar-refractivity contribution in [3.05, 3.63) is 47.4 Å². The Balaban J connectivity index is 1.77. The van der Waals surface area contributed by atoms with Crippen LogP contribution in [0.2, 0.25) is 0 Å². The molecule has 2 N–H and O–H groups in total. The van der Waals surface area contributed by atoms with Gasteiger partial charge in [-0.05, 0) is 17.7 Å². The molecule has 3 rings (SSSR count). The number of nitrogens with two attached hydrogens (primary N) is 1. The van der Waals surface area contributed by atoms with Crippen LogP contribution in [0.5, 0.6) is 0 Å². The average molecular weight is 311 g/mol. The Bertz CT molecular complexity index is 778. The van der Waals surface area contributed by atoms with Crippen molar-refractivity contribution < 1.29 is 14.3 Å². The number of nitrogens with zero attached hydrogens (tertiary/aromatic N) is 4. The molecule has 3 amide bonds. The van der Waals surface area contributed by atoms with Crippen LogP contribution in [-0.4, -0.2) is 40.8 Å². The Morgan fingerprint density at radius 1 is 1.43 bits per heavy atom. The lowest BCUT2D eigenvalue weighted by atomic mass is 10.1. The maximum atomic E-state index is 12.2. The normalized spacial score (nSPS) is 16.7. The molecule has 0 radical (unpaired) electrons. The van der Waals surface area contributed by atoms with Crippen molar-refractivity contribution >= 4 is 18.0 Å². The Morgan fingerprint density at radius 3 is 3.00 bits per heavy atom. The molecule has 1 aromatic rings. The molecule has 0 spiro atoms. The molecule has 0 bridgehead atoms. The molecule has 1 aromatic carbocycles. The van der Waals surface area contributed by atoms with Crippen LogP contribution in [0.4, 0.5) is 4.79 Å². The van der Waals surface area contributed by atoms with Gasteiger partial charge >= 0.3 is 12.1 Å². The van der Waals surface area contributed by atoms with Crippen molar-refractivity contribution in [1.82, 2.24) is 9.80 Å². The minimum Gasteiger partial charge on any atom is -0.431 e. The number of hydrogen-bond donors (Lipinski definition) is 1. The standard InChI is InChI=1S/C15H13N5O3/c16-7-10-2-1-3-11(6-10)8-19-4-5-20-12(13(17)21)9-23-15(20)18-14(19)22/h1-3,6,9H,4-5,8H2,(H2,17,21). The Morgan fingerprint density at radius 2 is 2.26 bits per heavy atom. The minimum atomic E-state index is -0.641. The first-order chi connectivity index (χ1) is 11.1. The van der Waals surface area contributed by atoms with Gasteiger partial charge in [0.15, 0.2) is 0 Å². The molecule has 23 heavy (non-hydrogen) atoms. The van der Waals surface area contributed by atoms with E-state index in [1.165, 1.54) is 16.1 Å². The number of ether oxygens (including phenoxy) is 1. The van der Waals surface area contributed by atoms with E-state index in [2.05, 4.69) is 11.1 Å². The quantitative estimate of drug-likeness (QED) is 0.874. The van der Waals surface area contributed by atoms with Crippen molar-refractivity contribution in [2.75, 3.05) is 13.1 Å². The van der Waals surface area contributed by atoms with Crippen LogP contribution < -0.4 is 5.73 Å². The molecular formula is C15H13N5O3. The summed E-state index contributed by atoms with van der Waals surface area (Å²) in [6.45, 7) is 1.00. The van der Waals surface area contributed by atoms with Crippen molar-refractivity contribution in [3.8, 4) is 6.07 Å². The first kappa shape index (κ1) is 14.6. The summed E-state index contributed by atoms with van der Waals surface area (Å²) in [5, 5.41) is 8.93. The molecular weight excluding hydrogens is 298 g/mol. The van der Waals surface area contributed by atoms with E-state index >= 15 is 0 Å². The molecule has 8 nitrogen and oxygen atoms in total. The van der Waals surface area contributed by atoms with Gasteiger partial charge in [0.05, 0.1) is 11.6 Å². The summed E-state index contributed by atoms with van der Waals surface area (Å²) in [5.41, 5.74) is 6.79. The van der Waals surface area contributed by atoms with E-state index in [1.54, 1.807) is 18.2 Å². The Kier molecular flexibility index (Phi) is 3.68. The largest absolute Gasteiger partial charge is 0.431 e. The van der Waals surface area contributed by atoms with Crippen molar-refractivity contribution in [1.29, 1.82) is 5.26 Å². The van der Waals surface area contributed by atoms with Crippen molar-refractivity contribution in [3.63, 3.8) is 0 Å². The van der Waals surface area contributed by atoms with Gasteiger partial charge in [-0.1, -0.05) is 12.1 Å². The monoisotopic (exact) mass is 311 g/mol. The summed E-state index contributed by atoms with van der Waals surface area (Å²) in [6, 6.07) is 8.65. The SMILES string of the molecule is N#Cc1cccc(CN2CCN3C(C(N)=O)=COC3=NC2=O)c1. The lowest BCUT2D eigenvalue weighted by Gasteiger charge is -2.20. The maximum Gasteiger partial charge on any atom is 0.348 e. The predicted octanol–water partition coefficient (Wildman–Crippen LogP) is 0.509. The second-order valence-corrected chi connectivity index (χ2v) is 5.05. The fourth-order valence-electron chi connectivity index (χ4n) is 2.41. The smallest absolute Gasteiger partial charge is 0.348 e. The molecule has 0 saturated carbocycles. The molecule has 2 heterocycles. The number of carbonyl (C=O) groups excluding carboxylic acids is 2. The third kappa shape index (κ3) is 2.85. The number of nitriles is 1. The molecule has 8 heteroatoms. The highest BCUT2D eigenvalue weighted by Gasteiger charge is 2.32. The second-order valence-electron chi connectivity index (χ2n) is 5.05. The van der Waals surface area contributed by atoms with Crippen LogP contribution in [0, 0.1) is 11.3 Å². The van der Waals surface area contributed by atoms with Gasteiger partial charge in [0.25, 0.3) is 5.91 Å². The molecule has 0 aromatic heterocycles. The molecule has 0 aliphatic carbocycles. The summed E-state index contributed by atoms with van der Waals surface area (Å²) in [7, 11) is 0. The van der Waals surface area contributed by atoms with E-state index in [4.69, 9.17) is 15.7 Å². The van der Waals surface area contributed by atoms with Gasteiger partial charge in [-0.2, -0.15) is 5.26 Å². The molecule has 2 aliphatic rings. The number of hydrogen-bond acceptors (Lipinski definition) is 5. The van der Waals surface area contributed by atoms with E-state index in [1.807, 2.05) is 6.07 Å². The number of urea groups is 1. The number of amidine groups is 1. The van der Waals surface area contributed by atoms with Gasteiger partial charge in [0.1, 0.15) is 12.0 Å². The van der Waals surface area contributed by atoms with Crippen LogP contribution >= 0.6 is 0 Å². The van der Waals surface area contributed by atoms with Gasteiger partial charge in [0.2, 0.25) is 0 Å². The fraction of sp³-hybridized carbons (Fsp3) is 0.200. The highest BCUT2D eigenvalue weighted by atomic mass is 16.5. The zero-order chi connectivity index (χ0) is 16.4. The van der Waals surface area contributed by atoms with E-state index in [9.17, 15) is 9.59 Å². The molecule has 0 saturated heterocycles. The van der Waals surface area contributed by atoms with E-state index in [0.717, 1.165) is 5.56 Å². The molecule has 2 aliphatic heterocycles. The van der Waals surface area contributed by atoms with Crippen molar-refractivity contribution in [2.45, 2.75) is 6.54 Å². The topological polar surface area (TPSA) is 112 Å². The van der Waals surface area contributed by atoms with Gasteiger partial charge < -0.3 is 15.4 Å². The number of carbonyl (C=O) groups is 2. The van der Waals surface area contributed by atoms with E-state index in [-0.39, 0.29) is 11.7 Å². The molecule has 116 valence electrons. The zero-order valence-electron chi connectivity index (χ0n) is 12.1. The molecule has 0 unspecified atom stereocenters. The van der Waals surface area contributed by atoms with Gasteiger partial charge in [-0.3, -0.25) is 9.69 Å². The lowest BCUT2D eigenvalue weighted by molar-refractivity contribution is -0.115. The van der Waals surface area contributed by atoms with Crippen LogP contribution in [0.25, 0.3) is 0 Å². The third-order valence-corrected chi connectivity index (χ3v) is 3.53. The Labute approximate surface area is 132 Å². The summed E-state index contributed by atoms with van der Waals surface area (Å²) in [5.74, 6) is -0.641. The van der Waals surface area contributed by atoms with Crippen LogP contribution in [0.1, 0.15) is 11.1 Å². The Hall–Kier alpha value is -3.34. The number of primary amides is 1. The third-order valence-electron chi connectivity index (χ3n) is 3.53. The van der Waals surface area contributed by atoms with Gasteiger partial charge in [-0.25, -0.2) is 4.79 Å². The van der Waals surface area contributed by atoms with Crippen LogP contribution in [0.15, 0.2) is 41.2 Å². The second kappa shape index (κ2) is 5.81. The number of rotatable bonds is 3. The molecule has 0 fully saturated rings. The van der Waals surface area contributed by atoms with Gasteiger partial charge in [0, 0.05) is 19.6 Å². The van der Waals surface area contributed by atoms with E-state index < -0.39 is 11.9 Å². The number of benzene rings is 1. The summed E-state index contributed by atoms with van der Waals surface area (Å²) in [4.78, 5) is 30.4. The highest BCUT2D eigenvalue weighted by molar-refractivity contribution is 6.01.